The van der Waals surface area contributed by atoms with Crippen molar-refractivity contribution in [3.05, 3.63) is 0 Å². The third-order valence-electron chi connectivity index (χ3n) is 5.23. The zero-order valence-electron chi connectivity index (χ0n) is 13.4. The van der Waals surface area contributed by atoms with Gasteiger partial charge in [-0.25, -0.2) is 0 Å². The summed E-state index contributed by atoms with van der Waals surface area (Å²) in [7, 11) is 6.70. The van der Waals surface area contributed by atoms with Crippen molar-refractivity contribution >= 4 is 0 Å². The van der Waals surface area contributed by atoms with Gasteiger partial charge in [-0.05, 0) is 52.2 Å². The standard InChI is InChI=1S/C16H34N2/c1-7-13(2)11-15(17-4)16(18(5)6)10-8-9-14(3)12-16/h13-15,17H,7-12H2,1-6H3. The molecule has 0 radical (unpaired) electrons. The highest BCUT2D eigenvalue weighted by molar-refractivity contribution is 5.01. The highest BCUT2D eigenvalue weighted by atomic mass is 15.2. The van der Waals surface area contributed by atoms with E-state index in [1.807, 2.05) is 0 Å². The van der Waals surface area contributed by atoms with Crippen LogP contribution in [0.2, 0.25) is 0 Å². The molecule has 0 heterocycles. The van der Waals surface area contributed by atoms with Crippen molar-refractivity contribution in [1.29, 1.82) is 0 Å². The molecule has 0 aromatic carbocycles. The fourth-order valence-electron chi connectivity index (χ4n) is 3.77. The molecule has 0 spiro atoms. The smallest absolute Gasteiger partial charge is 0.0358 e. The molecule has 2 heteroatoms. The third kappa shape index (κ3) is 3.48. The molecule has 0 bridgehead atoms. The van der Waals surface area contributed by atoms with Crippen LogP contribution in [0.4, 0.5) is 0 Å². The molecule has 1 aliphatic rings. The van der Waals surface area contributed by atoms with E-state index in [9.17, 15) is 0 Å². The summed E-state index contributed by atoms with van der Waals surface area (Å²) in [6.07, 6.45) is 8.09. The Balaban J connectivity index is 2.86. The second-order valence-corrected chi connectivity index (χ2v) is 6.79. The van der Waals surface area contributed by atoms with Crippen LogP contribution in [0.15, 0.2) is 0 Å². The molecule has 0 aromatic heterocycles. The molecule has 4 unspecified atom stereocenters. The van der Waals surface area contributed by atoms with Crippen LogP contribution in [0, 0.1) is 11.8 Å². The first-order chi connectivity index (χ1) is 8.46. The van der Waals surface area contributed by atoms with E-state index in [0.717, 1.165) is 11.8 Å². The maximum absolute atomic E-state index is 3.64. The maximum Gasteiger partial charge on any atom is 0.0358 e. The van der Waals surface area contributed by atoms with Crippen LogP contribution in [0.1, 0.15) is 59.3 Å². The Bertz CT molecular complexity index is 239. The van der Waals surface area contributed by atoms with E-state index in [1.54, 1.807) is 0 Å². The fourth-order valence-corrected chi connectivity index (χ4v) is 3.77. The van der Waals surface area contributed by atoms with Crippen molar-refractivity contribution in [1.82, 2.24) is 10.2 Å². The molecule has 1 N–H and O–H groups in total. The minimum Gasteiger partial charge on any atom is -0.315 e. The lowest BCUT2D eigenvalue weighted by molar-refractivity contribution is 0.0318. The average Bonchev–Trinajstić information content (AvgIpc) is 2.35. The van der Waals surface area contributed by atoms with Gasteiger partial charge in [-0.1, -0.05) is 40.0 Å². The fraction of sp³-hybridized carbons (Fsp3) is 1.00. The molecule has 1 aliphatic carbocycles. The minimum atomic E-state index is 0.371. The topological polar surface area (TPSA) is 15.3 Å². The van der Waals surface area contributed by atoms with E-state index >= 15 is 0 Å². The molecule has 2 nitrogen and oxygen atoms in total. The molecular weight excluding hydrogens is 220 g/mol. The molecule has 108 valence electrons. The second kappa shape index (κ2) is 6.91. The highest BCUT2D eigenvalue weighted by Gasteiger charge is 2.43. The molecular formula is C16H34N2. The molecule has 18 heavy (non-hydrogen) atoms. The number of rotatable bonds is 6. The normalized spacial score (nSPS) is 32.5. The van der Waals surface area contributed by atoms with Crippen LogP contribution in [0.3, 0.4) is 0 Å². The Kier molecular flexibility index (Phi) is 6.13. The Morgan fingerprint density at radius 2 is 2.06 bits per heavy atom. The summed E-state index contributed by atoms with van der Waals surface area (Å²) < 4.78 is 0. The molecule has 0 aromatic rings. The first-order valence-corrected chi connectivity index (χ1v) is 7.81. The average molecular weight is 254 g/mol. The largest absolute Gasteiger partial charge is 0.315 e. The van der Waals surface area contributed by atoms with Crippen molar-refractivity contribution in [2.24, 2.45) is 11.8 Å². The van der Waals surface area contributed by atoms with Gasteiger partial charge < -0.3 is 10.2 Å². The molecule has 1 saturated carbocycles. The van der Waals surface area contributed by atoms with Crippen molar-refractivity contribution in [3.63, 3.8) is 0 Å². The van der Waals surface area contributed by atoms with E-state index < -0.39 is 0 Å². The Morgan fingerprint density at radius 3 is 2.50 bits per heavy atom. The number of likely N-dealkylation sites (N-methyl/N-ethyl adjacent to an activating group) is 2. The first-order valence-electron chi connectivity index (χ1n) is 7.81. The van der Waals surface area contributed by atoms with Gasteiger partial charge in [0.05, 0.1) is 0 Å². The summed E-state index contributed by atoms with van der Waals surface area (Å²) in [5, 5.41) is 3.64. The van der Waals surface area contributed by atoms with Gasteiger partial charge >= 0.3 is 0 Å². The van der Waals surface area contributed by atoms with Gasteiger partial charge in [0.25, 0.3) is 0 Å². The summed E-state index contributed by atoms with van der Waals surface area (Å²) >= 11 is 0. The van der Waals surface area contributed by atoms with E-state index in [-0.39, 0.29) is 0 Å². The molecule has 4 atom stereocenters. The zero-order valence-corrected chi connectivity index (χ0v) is 13.4. The van der Waals surface area contributed by atoms with Crippen molar-refractivity contribution < 1.29 is 0 Å². The van der Waals surface area contributed by atoms with Crippen LogP contribution < -0.4 is 5.32 Å². The predicted molar refractivity (Wildman–Crippen MR) is 81.0 cm³/mol. The predicted octanol–water partition coefficient (Wildman–Crippen LogP) is 3.52. The number of nitrogens with one attached hydrogen (secondary N) is 1. The summed E-state index contributed by atoms with van der Waals surface area (Å²) in [6.45, 7) is 7.12. The molecule has 1 rings (SSSR count). The zero-order chi connectivity index (χ0) is 13.8. The molecule has 0 saturated heterocycles. The number of nitrogens with zero attached hydrogens (tertiary/aromatic N) is 1. The quantitative estimate of drug-likeness (QED) is 0.780. The van der Waals surface area contributed by atoms with Gasteiger partial charge in [0.1, 0.15) is 0 Å². The molecule has 0 amide bonds. The number of hydrogen-bond acceptors (Lipinski definition) is 2. The van der Waals surface area contributed by atoms with Crippen molar-refractivity contribution in [2.45, 2.75) is 70.9 Å². The Hall–Kier alpha value is -0.0800. The Morgan fingerprint density at radius 1 is 1.39 bits per heavy atom. The third-order valence-corrected chi connectivity index (χ3v) is 5.23. The maximum atomic E-state index is 3.64. The summed E-state index contributed by atoms with van der Waals surface area (Å²) in [5.74, 6) is 1.69. The van der Waals surface area contributed by atoms with Gasteiger partial charge in [-0.2, -0.15) is 0 Å². The van der Waals surface area contributed by atoms with Crippen LogP contribution in [-0.2, 0) is 0 Å². The van der Waals surface area contributed by atoms with Gasteiger partial charge in [0, 0.05) is 11.6 Å². The highest BCUT2D eigenvalue weighted by Crippen LogP contribution is 2.39. The summed E-state index contributed by atoms with van der Waals surface area (Å²) in [6, 6.07) is 0.630. The van der Waals surface area contributed by atoms with Crippen LogP contribution in [0.5, 0.6) is 0 Å². The van der Waals surface area contributed by atoms with Crippen molar-refractivity contribution in [2.75, 3.05) is 21.1 Å². The summed E-state index contributed by atoms with van der Waals surface area (Å²) in [4.78, 5) is 2.51. The monoisotopic (exact) mass is 254 g/mol. The Labute approximate surface area is 115 Å². The van der Waals surface area contributed by atoms with E-state index in [1.165, 1.54) is 38.5 Å². The SMILES string of the molecule is CCC(C)CC(NC)C1(N(C)C)CCCC(C)C1. The van der Waals surface area contributed by atoms with E-state index in [4.69, 9.17) is 0 Å². The van der Waals surface area contributed by atoms with Crippen molar-refractivity contribution in [3.8, 4) is 0 Å². The lowest BCUT2D eigenvalue weighted by Crippen LogP contribution is -2.60. The number of hydrogen-bond donors (Lipinski definition) is 1. The van der Waals surface area contributed by atoms with Crippen LogP contribution in [-0.4, -0.2) is 37.6 Å². The lowest BCUT2D eigenvalue weighted by atomic mass is 9.69. The van der Waals surface area contributed by atoms with Crippen LogP contribution >= 0.6 is 0 Å². The first kappa shape index (κ1) is 16.0. The molecule has 1 fully saturated rings. The summed E-state index contributed by atoms with van der Waals surface area (Å²) in [5.41, 5.74) is 0.371. The van der Waals surface area contributed by atoms with Gasteiger partial charge in [0.15, 0.2) is 0 Å². The lowest BCUT2D eigenvalue weighted by Gasteiger charge is -2.51. The van der Waals surface area contributed by atoms with Gasteiger partial charge in [-0.15, -0.1) is 0 Å². The van der Waals surface area contributed by atoms with Crippen LogP contribution in [0.25, 0.3) is 0 Å². The van der Waals surface area contributed by atoms with Gasteiger partial charge in [0.2, 0.25) is 0 Å². The van der Waals surface area contributed by atoms with Gasteiger partial charge in [-0.3, -0.25) is 0 Å². The second-order valence-electron chi connectivity index (χ2n) is 6.79. The minimum absolute atomic E-state index is 0.371. The molecule has 0 aliphatic heterocycles. The van der Waals surface area contributed by atoms with E-state index in [2.05, 4.69) is 52.1 Å². The van der Waals surface area contributed by atoms with E-state index in [0.29, 0.717) is 11.6 Å².